The number of carbonyl (C=O) groups is 1. The number of hydrogen-bond donors (Lipinski definition) is 2. The predicted octanol–water partition coefficient (Wildman–Crippen LogP) is 2.03. The smallest absolute Gasteiger partial charge is 0.238 e. The molecule has 0 aliphatic heterocycles. The SMILES string of the molecule is Cc1ccc(CNC(=O)CCc2ccc(S(N)(=O)=O)cc2)cc1F. The fraction of sp³-hybridized carbons (Fsp3) is 0.235. The highest BCUT2D eigenvalue weighted by atomic mass is 32.2. The lowest BCUT2D eigenvalue weighted by molar-refractivity contribution is -0.121. The lowest BCUT2D eigenvalue weighted by atomic mass is 10.1. The highest BCUT2D eigenvalue weighted by Crippen LogP contribution is 2.11. The Balaban J connectivity index is 1.83. The number of benzene rings is 2. The van der Waals surface area contributed by atoms with Crippen molar-refractivity contribution in [1.29, 1.82) is 0 Å². The van der Waals surface area contributed by atoms with Gasteiger partial charge in [-0.15, -0.1) is 0 Å². The van der Waals surface area contributed by atoms with Gasteiger partial charge in [-0.3, -0.25) is 4.79 Å². The molecule has 0 spiro atoms. The molecule has 0 aliphatic carbocycles. The molecule has 0 bridgehead atoms. The summed E-state index contributed by atoms with van der Waals surface area (Å²) in [6.45, 7) is 1.94. The Kier molecular flexibility index (Phi) is 5.69. The monoisotopic (exact) mass is 350 g/mol. The van der Waals surface area contributed by atoms with Crippen LogP contribution in [0.5, 0.6) is 0 Å². The molecular weight excluding hydrogens is 331 g/mol. The number of halogens is 1. The Morgan fingerprint density at radius 3 is 2.33 bits per heavy atom. The van der Waals surface area contributed by atoms with Gasteiger partial charge < -0.3 is 5.32 Å². The van der Waals surface area contributed by atoms with Crippen LogP contribution in [0.4, 0.5) is 4.39 Å². The second-order valence-corrected chi connectivity index (χ2v) is 7.11. The van der Waals surface area contributed by atoms with E-state index in [1.165, 1.54) is 18.2 Å². The van der Waals surface area contributed by atoms with Crippen molar-refractivity contribution in [2.24, 2.45) is 5.14 Å². The molecule has 0 fully saturated rings. The Bertz CT molecular complexity index is 833. The third-order valence-electron chi connectivity index (χ3n) is 3.62. The Morgan fingerprint density at radius 1 is 1.12 bits per heavy atom. The molecule has 2 aromatic carbocycles. The normalized spacial score (nSPS) is 11.3. The van der Waals surface area contributed by atoms with E-state index in [0.29, 0.717) is 17.5 Å². The summed E-state index contributed by atoms with van der Waals surface area (Å²) in [5.41, 5.74) is 2.09. The van der Waals surface area contributed by atoms with Crippen LogP contribution in [0.25, 0.3) is 0 Å². The summed E-state index contributed by atoms with van der Waals surface area (Å²) in [6.07, 6.45) is 0.724. The zero-order valence-corrected chi connectivity index (χ0v) is 14.1. The van der Waals surface area contributed by atoms with Crippen molar-refractivity contribution in [2.75, 3.05) is 0 Å². The van der Waals surface area contributed by atoms with Gasteiger partial charge in [-0.1, -0.05) is 24.3 Å². The van der Waals surface area contributed by atoms with Crippen molar-refractivity contribution in [1.82, 2.24) is 5.32 Å². The van der Waals surface area contributed by atoms with Crippen LogP contribution in [-0.2, 0) is 27.8 Å². The number of amides is 1. The van der Waals surface area contributed by atoms with Crippen LogP contribution in [0.2, 0.25) is 0 Å². The maximum Gasteiger partial charge on any atom is 0.238 e. The summed E-state index contributed by atoms with van der Waals surface area (Å²) in [4.78, 5) is 11.9. The fourth-order valence-corrected chi connectivity index (χ4v) is 2.65. The van der Waals surface area contributed by atoms with E-state index >= 15 is 0 Å². The lowest BCUT2D eigenvalue weighted by Crippen LogP contribution is -2.23. The summed E-state index contributed by atoms with van der Waals surface area (Å²) in [7, 11) is -3.71. The molecule has 128 valence electrons. The van der Waals surface area contributed by atoms with Gasteiger partial charge in [0.15, 0.2) is 0 Å². The largest absolute Gasteiger partial charge is 0.352 e. The number of nitrogens with one attached hydrogen (secondary N) is 1. The molecule has 2 rings (SSSR count). The average molecular weight is 350 g/mol. The zero-order valence-electron chi connectivity index (χ0n) is 13.3. The second kappa shape index (κ2) is 7.55. The lowest BCUT2D eigenvalue weighted by Gasteiger charge is -2.07. The van der Waals surface area contributed by atoms with E-state index in [0.717, 1.165) is 5.56 Å². The molecule has 0 saturated carbocycles. The van der Waals surface area contributed by atoms with E-state index in [-0.39, 0.29) is 29.6 Å². The fourth-order valence-electron chi connectivity index (χ4n) is 2.14. The number of carbonyl (C=O) groups excluding carboxylic acids is 1. The summed E-state index contributed by atoms with van der Waals surface area (Å²) in [5.74, 6) is -0.455. The minimum Gasteiger partial charge on any atom is -0.352 e. The Labute approximate surface area is 140 Å². The quantitative estimate of drug-likeness (QED) is 0.835. The minimum absolute atomic E-state index is 0.0390. The topological polar surface area (TPSA) is 89.3 Å². The minimum atomic E-state index is -3.71. The standard InChI is InChI=1S/C17H19FN2O3S/c1-12-2-3-14(10-16(12)18)11-20-17(21)9-6-13-4-7-15(8-5-13)24(19,22)23/h2-5,7-8,10H,6,9,11H2,1H3,(H,20,21)(H2,19,22,23). The second-order valence-electron chi connectivity index (χ2n) is 5.55. The van der Waals surface area contributed by atoms with Crippen molar-refractivity contribution in [3.63, 3.8) is 0 Å². The average Bonchev–Trinajstić information content (AvgIpc) is 2.53. The van der Waals surface area contributed by atoms with Crippen LogP contribution in [0.1, 0.15) is 23.1 Å². The molecule has 24 heavy (non-hydrogen) atoms. The van der Waals surface area contributed by atoms with Gasteiger partial charge in [0.05, 0.1) is 4.90 Å². The molecule has 0 heterocycles. The van der Waals surface area contributed by atoms with Crippen LogP contribution < -0.4 is 10.5 Å². The zero-order chi connectivity index (χ0) is 17.7. The number of nitrogens with two attached hydrogens (primary N) is 1. The van der Waals surface area contributed by atoms with Gasteiger partial charge in [-0.2, -0.15) is 0 Å². The van der Waals surface area contributed by atoms with Gasteiger partial charge in [0.2, 0.25) is 15.9 Å². The highest BCUT2D eigenvalue weighted by molar-refractivity contribution is 7.89. The Morgan fingerprint density at radius 2 is 1.75 bits per heavy atom. The molecule has 3 N–H and O–H groups in total. The summed E-state index contributed by atoms with van der Waals surface area (Å²) in [5, 5.41) is 7.76. The number of aryl methyl sites for hydroxylation is 2. The highest BCUT2D eigenvalue weighted by Gasteiger charge is 2.08. The first-order chi connectivity index (χ1) is 11.3. The molecule has 1 amide bonds. The summed E-state index contributed by atoms with van der Waals surface area (Å²) >= 11 is 0. The molecule has 5 nitrogen and oxygen atoms in total. The van der Waals surface area contributed by atoms with Crippen LogP contribution >= 0.6 is 0 Å². The van der Waals surface area contributed by atoms with E-state index in [9.17, 15) is 17.6 Å². The van der Waals surface area contributed by atoms with E-state index < -0.39 is 10.0 Å². The van der Waals surface area contributed by atoms with Gasteiger partial charge in [-0.25, -0.2) is 17.9 Å². The third-order valence-corrected chi connectivity index (χ3v) is 4.55. The van der Waals surface area contributed by atoms with Crippen molar-refractivity contribution in [2.45, 2.75) is 31.2 Å². The van der Waals surface area contributed by atoms with Gasteiger partial charge in [0.1, 0.15) is 5.82 Å². The maximum atomic E-state index is 13.4. The first-order valence-electron chi connectivity index (χ1n) is 7.39. The van der Waals surface area contributed by atoms with E-state index in [4.69, 9.17) is 5.14 Å². The maximum absolute atomic E-state index is 13.4. The van der Waals surface area contributed by atoms with Gasteiger partial charge in [0.25, 0.3) is 0 Å². The van der Waals surface area contributed by atoms with E-state index in [1.807, 2.05) is 0 Å². The molecule has 0 aromatic heterocycles. The molecular formula is C17H19FN2O3S. The van der Waals surface area contributed by atoms with E-state index in [1.54, 1.807) is 31.2 Å². The molecule has 0 unspecified atom stereocenters. The van der Waals surface area contributed by atoms with Gasteiger partial charge in [-0.05, 0) is 48.2 Å². The predicted molar refractivity (Wildman–Crippen MR) is 89.1 cm³/mol. The number of hydrogen-bond acceptors (Lipinski definition) is 3. The molecule has 0 saturated heterocycles. The summed E-state index contributed by atoms with van der Waals surface area (Å²) in [6, 6.07) is 10.9. The van der Waals surface area contributed by atoms with Crippen molar-refractivity contribution < 1.29 is 17.6 Å². The summed E-state index contributed by atoms with van der Waals surface area (Å²) < 4.78 is 35.7. The van der Waals surface area contributed by atoms with Crippen LogP contribution in [0.3, 0.4) is 0 Å². The molecule has 7 heteroatoms. The molecule has 0 radical (unpaired) electrons. The first-order valence-corrected chi connectivity index (χ1v) is 8.94. The number of rotatable bonds is 6. The molecule has 2 aromatic rings. The van der Waals surface area contributed by atoms with Gasteiger partial charge >= 0.3 is 0 Å². The number of primary sulfonamides is 1. The first kappa shape index (κ1) is 18.1. The molecule has 0 aliphatic rings. The van der Waals surface area contributed by atoms with Crippen LogP contribution in [0.15, 0.2) is 47.4 Å². The third kappa shape index (κ3) is 5.14. The van der Waals surface area contributed by atoms with Crippen LogP contribution in [0, 0.1) is 12.7 Å². The van der Waals surface area contributed by atoms with E-state index in [2.05, 4.69) is 5.32 Å². The molecule has 0 atom stereocenters. The van der Waals surface area contributed by atoms with Gasteiger partial charge in [0, 0.05) is 13.0 Å². The number of sulfonamides is 1. The Hall–Kier alpha value is -2.25. The van der Waals surface area contributed by atoms with Crippen molar-refractivity contribution in [3.8, 4) is 0 Å². The van der Waals surface area contributed by atoms with Crippen molar-refractivity contribution >= 4 is 15.9 Å². The van der Waals surface area contributed by atoms with Crippen molar-refractivity contribution in [3.05, 3.63) is 65.0 Å². The van der Waals surface area contributed by atoms with Crippen LogP contribution in [-0.4, -0.2) is 14.3 Å².